The highest BCUT2D eigenvalue weighted by Gasteiger charge is 2.12. The fourth-order valence-electron chi connectivity index (χ4n) is 1.59. The highest BCUT2D eigenvalue weighted by Crippen LogP contribution is 2.31. The van der Waals surface area contributed by atoms with E-state index in [0.717, 1.165) is 6.07 Å². The number of nitriles is 1. The van der Waals surface area contributed by atoms with Crippen molar-refractivity contribution < 1.29 is 13.9 Å². The molecule has 2 aromatic carbocycles. The molecule has 20 heavy (non-hydrogen) atoms. The molecule has 4 N–H and O–H groups in total. The van der Waals surface area contributed by atoms with Crippen molar-refractivity contribution in [1.29, 1.82) is 5.26 Å². The highest BCUT2D eigenvalue weighted by molar-refractivity contribution is 5.93. The number of ether oxygens (including phenoxy) is 1. The maximum atomic E-state index is 13.5. The van der Waals surface area contributed by atoms with Gasteiger partial charge in [-0.05, 0) is 30.3 Å². The number of nitrogens with zero attached hydrogens (tertiary/aromatic N) is 1. The Bertz CT molecular complexity index is 723. The molecule has 0 aliphatic heterocycles. The lowest BCUT2D eigenvalue weighted by Crippen LogP contribution is -2.11. The highest BCUT2D eigenvalue weighted by atomic mass is 19.1. The molecular formula is C14H10FN3O2. The number of hydrogen-bond acceptors (Lipinski definition) is 4. The monoisotopic (exact) mass is 271 g/mol. The van der Waals surface area contributed by atoms with E-state index in [2.05, 4.69) is 0 Å². The fraction of sp³-hybridized carbons (Fsp3) is 0. The number of benzene rings is 2. The molecule has 6 heteroatoms. The number of primary amides is 1. The number of hydrogen-bond donors (Lipinski definition) is 2. The van der Waals surface area contributed by atoms with Crippen molar-refractivity contribution in [2.24, 2.45) is 5.73 Å². The van der Waals surface area contributed by atoms with Crippen molar-refractivity contribution in [3.63, 3.8) is 0 Å². The van der Waals surface area contributed by atoms with E-state index in [4.69, 9.17) is 21.5 Å². The van der Waals surface area contributed by atoms with E-state index in [0.29, 0.717) is 0 Å². The van der Waals surface area contributed by atoms with Crippen LogP contribution in [0.4, 0.5) is 10.1 Å². The molecule has 0 radical (unpaired) electrons. The topological polar surface area (TPSA) is 102 Å². The average molecular weight is 271 g/mol. The van der Waals surface area contributed by atoms with Gasteiger partial charge in [-0.1, -0.05) is 6.07 Å². The van der Waals surface area contributed by atoms with Crippen molar-refractivity contribution >= 4 is 11.6 Å². The fourth-order valence-corrected chi connectivity index (χ4v) is 1.59. The Morgan fingerprint density at radius 3 is 2.65 bits per heavy atom. The smallest absolute Gasteiger partial charge is 0.248 e. The van der Waals surface area contributed by atoms with Crippen LogP contribution in [0.3, 0.4) is 0 Å². The van der Waals surface area contributed by atoms with Gasteiger partial charge < -0.3 is 16.2 Å². The zero-order valence-electron chi connectivity index (χ0n) is 10.3. The molecule has 0 saturated carbocycles. The van der Waals surface area contributed by atoms with Crippen LogP contribution in [-0.4, -0.2) is 5.91 Å². The van der Waals surface area contributed by atoms with Crippen molar-refractivity contribution in [3.8, 4) is 17.6 Å². The van der Waals surface area contributed by atoms with Crippen LogP contribution in [0, 0.1) is 17.1 Å². The molecule has 0 saturated heterocycles. The van der Waals surface area contributed by atoms with Crippen LogP contribution in [0.1, 0.15) is 15.9 Å². The minimum atomic E-state index is -0.699. The van der Waals surface area contributed by atoms with Crippen LogP contribution >= 0.6 is 0 Å². The predicted molar refractivity (Wildman–Crippen MR) is 70.6 cm³/mol. The number of nitrogens with two attached hydrogens (primary N) is 2. The Kier molecular flexibility index (Phi) is 3.53. The Morgan fingerprint density at radius 2 is 2.00 bits per heavy atom. The van der Waals surface area contributed by atoms with Crippen LogP contribution in [0.25, 0.3) is 0 Å². The van der Waals surface area contributed by atoms with Gasteiger partial charge in [0.1, 0.15) is 23.2 Å². The second-order valence-corrected chi connectivity index (χ2v) is 3.94. The quantitative estimate of drug-likeness (QED) is 0.835. The van der Waals surface area contributed by atoms with Gasteiger partial charge in [-0.15, -0.1) is 0 Å². The molecule has 0 aliphatic rings. The van der Waals surface area contributed by atoms with Gasteiger partial charge in [0.2, 0.25) is 5.91 Å². The summed E-state index contributed by atoms with van der Waals surface area (Å²) < 4.78 is 18.9. The molecule has 2 rings (SSSR count). The first-order valence-electron chi connectivity index (χ1n) is 5.58. The summed E-state index contributed by atoms with van der Waals surface area (Å²) in [6.07, 6.45) is 0. The van der Waals surface area contributed by atoms with E-state index in [1.54, 1.807) is 6.07 Å². The second-order valence-electron chi connectivity index (χ2n) is 3.94. The predicted octanol–water partition coefficient (Wildman–Crippen LogP) is 2.17. The van der Waals surface area contributed by atoms with Gasteiger partial charge in [-0.2, -0.15) is 5.26 Å². The van der Waals surface area contributed by atoms with E-state index in [1.807, 2.05) is 0 Å². The van der Waals surface area contributed by atoms with Gasteiger partial charge >= 0.3 is 0 Å². The molecule has 1 amide bonds. The molecule has 0 atom stereocenters. The number of amides is 1. The number of nitrogen functional groups attached to an aromatic ring is 1. The van der Waals surface area contributed by atoms with Gasteiger partial charge in [-0.25, -0.2) is 4.39 Å². The lowest BCUT2D eigenvalue weighted by Gasteiger charge is -2.10. The summed E-state index contributed by atoms with van der Waals surface area (Å²) in [6.45, 7) is 0. The third kappa shape index (κ3) is 2.52. The Balaban J connectivity index is 2.45. The summed E-state index contributed by atoms with van der Waals surface area (Å²) in [5.74, 6) is -1.20. The number of carbonyl (C=O) groups excluding carboxylic acids is 1. The minimum absolute atomic E-state index is 0.0146. The van der Waals surface area contributed by atoms with Gasteiger partial charge in [0.25, 0.3) is 0 Å². The van der Waals surface area contributed by atoms with E-state index in [9.17, 15) is 9.18 Å². The van der Waals surface area contributed by atoms with Crippen molar-refractivity contribution in [1.82, 2.24) is 0 Å². The van der Waals surface area contributed by atoms with Crippen molar-refractivity contribution in [3.05, 3.63) is 53.3 Å². The summed E-state index contributed by atoms with van der Waals surface area (Å²) >= 11 is 0. The minimum Gasteiger partial charge on any atom is -0.454 e. The second kappa shape index (κ2) is 5.28. The third-order valence-electron chi connectivity index (χ3n) is 2.61. The summed E-state index contributed by atoms with van der Waals surface area (Å²) in [4.78, 5) is 11.1. The van der Waals surface area contributed by atoms with Gasteiger partial charge in [0, 0.05) is 5.56 Å². The van der Waals surface area contributed by atoms with Crippen LogP contribution in [0.15, 0.2) is 36.4 Å². The van der Waals surface area contributed by atoms with E-state index in [-0.39, 0.29) is 28.3 Å². The van der Waals surface area contributed by atoms with Crippen molar-refractivity contribution in [2.75, 3.05) is 5.73 Å². The lowest BCUT2D eigenvalue weighted by molar-refractivity contribution is 0.1000. The van der Waals surface area contributed by atoms with Crippen LogP contribution in [0.2, 0.25) is 0 Å². The Morgan fingerprint density at radius 1 is 1.25 bits per heavy atom. The summed E-state index contributed by atoms with van der Waals surface area (Å²) in [5, 5.41) is 8.91. The maximum Gasteiger partial charge on any atom is 0.248 e. The van der Waals surface area contributed by atoms with Crippen LogP contribution < -0.4 is 16.2 Å². The molecule has 100 valence electrons. The molecule has 2 aromatic rings. The molecule has 0 fully saturated rings. The van der Waals surface area contributed by atoms with Crippen LogP contribution in [-0.2, 0) is 0 Å². The third-order valence-corrected chi connectivity index (χ3v) is 2.61. The van der Waals surface area contributed by atoms with Crippen LogP contribution in [0.5, 0.6) is 11.5 Å². The first-order chi connectivity index (χ1) is 9.52. The van der Waals surface area contributed by atoms with E-state index >= 15 is 0 Å². The summed E-state index contributed by atoms with van der Waals surface area (Å²) in [5.41, 5.74) is 11.1. The Hall–Kier alpha value is -3.07. The maximum absolute atomic E-state index is 13.5. The summed E-state index contributed by atoms with van der Waals surface area (Å²) in [6, 6.07) is 9.91. The zero-order valence-corrected chi connectivity index (χ0v) is 10.3. The van der Waals surface area contributed by atoms with Gasteiger partial charge in [0.05, 0.1) is 5.69 Å². The number of halogens is 1. The first kappa shape index (κ1) is 13.4. The van der Waals surface area contributed by atoms with Gasteiger partial charge in [-0.3, -0.25) is 4.79 Å². The molecule has 5 nitrogen and oxygen atoms in total. The van der Waals surface area contributed by atoms with E-state index in [1.165, 1.54) is 30.3 Å². The molecule has 0 aliphatic carbocycles. The lowest BCUT2D eigenvalue weighted by atomic mass is 10.1. The number of carbonyl (C=O) groups is 1. The molecule has 0 bridgehead atoms. The molecule has 0 aromatic heterocycles. The molecular weight excluding hydrogens is 261 g/mol. The molecule has 0 unspecified atom stereocenters. The molecule has 0 heterocycles. The SMILES string of the molecule is N#Cc1c(F)cccc1Oc1cc(C(N)=O)ccc1N. The Labute approximate surface area is 114 Å². The normalized spacial score (nSPS) is 9.80. The number of anilines is 1. The van der Waals surface area contributed by atoms with Crippen molar-refractivity contribution in [2.45, 2.75) is 0 Å². The molecule has 0 spiro atoms. The standard InChI is InChI=1S/C14H10FN3O2/c15-10-2-1-3-12(9(10)7-16)20-13-6-8(14(18)19)4-5-11(13)17/h1-6H,17H2,(H2,18,19). The summed E-state index contributed by atoms with van der Waals surface area (Å²) in [7, 11) is 0. The largest absolute Gasteiger partial charge is 0.454 e. The average Bonchev–Trinajstić information content (AvgIpc) is 2.41. The van der Waals surface area contributed by atoms with E-state index < -0.39 is 11.7 Å². The number of rotatable bonds is 3. The zero-order chi connectivity index (χ0) is 14.7. The van der Waals surface area contributed by atoms with Gasteiger partial charge in [0.15, 0.2) is 5.75 Å². The first-order valence-corrected chi connectivity index (χ1v) is 5.58.